The number of rotatable bonds is 3. The van der Waals surface area contributed by atoms with E-state index < -0.39 is 0 Å². The molecule has 0 radical (unpaired) electrons. The molecular formula is C13H10BrN3OS. The molecule has 0 saturated carbocycles. The zero-order valence-corrected chi connectivity index (χ0v) is 12.5. The van der Waals surface area contributed by atoms with Gasteiger partial charge in [0.2, 0.25) is 0 Å². The van der Waals surface area contributed by atoms with E-state index in [0.29, 0.717) is 17.8 Å². The molecule has 0 unspecified atom stereocenters. The quantitative estimate of drug-likeness (QED) is 0.866. The van der Waals surface area contributed by atoms with E-state index in [1.807, 2.05) is 18.2 Å². The van der Waals surface area contributed by atoms with E-state index in [2.05, 4.69) is 20.9 Å². The van der Waals surface area contributed by atoms with Crippen LogP contribution in [0.25, 0.3) is 0 Å². The van der Waals surface area contributed by atoms with Crippen LogP contribution in [0.5, 0.6) is 0 Å². The SMILES string of the molecule is CN(Cc1ccc(Br)s1)C(=O)c1ccc(C#N)cn1. The first-order chi connectivity index (χ1) is 9.10. The molecule has 0 atom stereocenters. The normalized spacial score (nSPS) is 9.95. The number of carbonyl (C=O) groups is 1. The van der Waals surface area contributed by atoms with Gasteiger partial charge in [-0.25, -0.2) is 4.98 Å². The minimum atomic E-state index is -0.158. The molecule has 0 bridgehead atoms. The molecular weight excluding hydrogens is 326 g/mol. The molecule has 0 spiro atoms. The highest BCUT2D eigenvalue weighted by molar-refractivity contribution is 9.11. The standard InChI is InChI=1S/C13H10BrN3OS/c1-17(8-10-3-5-12(14)19-10)13(18)11-4-2-9(6-15)7-16-11/h2-5,7H,8H2,1H3. The molecule has 96 valence electrons. The monoisotopic (exact) mass is 335 g/mol. The highest BCUT2D eigenvalue weighted by atomic mass is 79.9. The van der Waals surface area contributed by atoms with Crippen molar-refractivity contribution in [2.75, 3.05) is 7.05 Å². The second-order valence-corrected chi connectivity index (χ2v) is 6.46. The molecule has 4 nitrogen and oxygen atoms in total. The molecule has 0 aliphatic rings. The largest absolute Gasteiger partial charge is 0.335 e. The average molecular weight is 336 g/mol. The summed E-state index contributed by atoms with van der Waals surface area (Å²) in [7, 11) is 1.73. The van der Waals surface area contributed by atoms with Crippen LogP contribution < -0.4 is 0 Å². The Morgan fingerprint density at radius 2 is 2.26 bits per heavy atom. The van der Waals surface area contributed by atoms with Gasteiger partial charge in [-0.2, -0.15) is 5.26 Å². The summed E-state index contributed by atoms with van der Waals surface area (Å²) < 4.78 is 1.04. The van der Waals surface area contributed by atoms with E-state index in [-0.39, 0.29) is 5.91 Å². The Bertz CT molecular complexity index is 630. The fourth-order valence-corrected chi connectivity index (χ4v) is 3.06. The smallest absolute Gasteiger partial charge is 0.272 e. The molecule has 0 aliphatic carbocycles. The third-order valence-corrected chi connectivity index (χ3v) is 4.09. The van der Waals surface area contributed by atoms with Gasteiger partial charge in [0.1, 0.15) is 11.8 Å². The number of nitriles is 1. The average Bonchev–Trinajstić information content (AvgIpc) is 2.83. The molecule has 2 aromatic rings. The molecule has 19 heavy (non-hydrogen) atoms. The van der Waals surface area contributed by atoms with E-state index in [4.69, 9.17) is 5.26 Å². The third-order valence-electron chi connectivity index (χ3n) is 2.48. The number of hydrogen-bond donors (Lipinski definition) is 0. The summed E-state index contributed by atoms with van der Waals surface area (Å²) in [4.78, 5) is 18.8. The first-order valence-electron chi connectivity index (χ1n) is 5.46. The topological polar surface area (TPSA) is 57.0 Å². The number of thiophene rings is 1. The number of amides is 1. The summed E-state index contributed by atoms with van der Waals surface area (Å²) >= 11 is 4.99. The van der Waals surface area contributed by atoms with Gasteiger partial charge in [0.15, 0.2) is 0 Å². The molecule has 6 heteroatoms. The van der Waals surface area contributed by atoms with Crippen molar-refractivity contribution in [1.82, 2.24) is 9.88 Å². The molecule has 0 saturated heterocycles. The van der Waals surface area contributed by atoms with Crippen LogP contribution in [0.3, 0.4) is 0 Å². The van der Waals surface area contributed by atoms with Crippen LogP contribution in [0, 0.1) is 11.3 Å². The van der Waals surface area contributed by atoms with Crippen LogP contribution in [-0.4, -0.2) is 22.8 Å². The van der Waals surface area contributed by atoms with E-state index in [1.165, 1.54) is 6.20 Å². The Morgan fingerprint density at radius 1 is 1.47 bits per heavy atom. The van der Waals surface area contributed by atoms with Crippen LogP contribution in [0.1, 0.15) is 20.9 Å². The fourth-order valence-electron chi connectivity index (χ4n) is 1.52. The predicted molar refractivity (Wildman–Crippen MR) is 76.8 cm³/mol. The van der Waals surface area contributed by atoms with E-state index in [9.17, 15) is 4.79 Å². The van der Waals surface area contributed by atoms with Gasteiger partial charge in [-0.05, 0) is 40.2 Å². The zero-order chi connectivity index (χ0) is 13.8. The maximum atomic E-state index is 12.1. The highest BCUT2D eigenvalue weighted by Crippen LogP contribution is 2.23. The van der Waals surface area contributed by atoms with Gasteiger partial charge in [-0.1, -0.05) is 0 Å². The van der Waals surface area contributed by atoms with E-state index >= 15 is 0 Å². The van der Waals surface area contributed by atoms with Gasteiger partial charge in [0.25, 0.3) is 5.91 Å². The lowest BCUT2D eigenvalue weighted by atomic mass is 10.2. The third kappa shape index (κ3) is 3.40. The fraction of sp³-hybridized carbons (Fsp3) is 0.154. The van der Waals surface area contributed by atoms with Crippen molar-refractivity contribution in [3.8, 4) is 6.07 Å². The highest BCUT2D eigenvalue weighted by Gasteiger charge is 2.14. The number of halogens is 1. The summed E-state index contributed by atoms with van der Waals surface area (Å²) in [6.45, 7) is 0.538. The van der Waals surface area contributed by atoms with Gasteiger partial charge >= 0.3 is 0 Å². The lowest BCUT2D eigenvalue weighted by Crippen LogP contribution is -2.26. The Labute approximate surface area is 123 Å². The van der Waals surface area contributed by atoms with Gasteiger partial charge in [-0.15, -0.1) is 11.3 Å². The number of aromatic nitrogens is 1. The van der Waals surface area contributed by atoms with E-state index in [0.717, 1.165) is 8.66 Å². The van der Waals surface area contributed by atoms with Gasteiger partial charge in [-0.3, -0.25) is 4.79 Å². The van der Waals surface area contributed by atoms with Crippen molar-refractivity contribution >= 4 is 33.2 Å². The lowest BCUT2D eigenvalue weighted by Gasteiger charge is -2.15. The Morgan fingerprint density at radius 3 is 2.79 bits per heavy atom. The van der Waals surface area contributed by atoms with Crippen LogP contribution in [0.15, 0.2) is 34.2 Å². The molecule has 1 amide bonds. The van der Waals surface area contributed by atoms with Gasteiger partial charge in [0.05, 0.1) is 15.9 Å². The van der Waals surface area contributed by atoms with Gasteiger partial charge < -0.3 is 4.90 Å². The van der Waals surface area contributed by atoms with Crippen molar-refractivity contribution in [1.29, 1.82) is 5.26 Å². The summed E-state index contributed by atoms with van der Waals surface area (Å²) in [5.41, 5.74) is 0.790. The van der Waals surface area contributed by atoms with Crippen molar-refractivity contribution in [3.05, 3.63) is 50.4 Å². The maximum Gasteiger partial charge on any atom is 0.272 e. The van der Waals surface area contributed by atoms with Crippen molar-refractivity contribution in [3.63, 3.8) is 0 Å². The second-order valence-electron chi connectivity index (χ2n) is 3.91. The summed E-state index contributed by atoms with van der Waals surface area (Å²) in [6, 6.07) is 9.07. The number of nitrogens with zero attached hydrogens (tertiary/aromatic N) is 3. The minimum absolute atomic E-state index is 0.158. The van der Waals surface area contributed by atoms with Crippen LogP contribution in [-0.2, 0) is 6.54 Å². The summed E-state index contributed by atoms with van der Waals surface area (Å²) in [5, 5.41) is 8.69. The lowest BCUT2D eigenvalue weighted by molar-refractivity contribution is 0.0780. The second kappa shape index (κ2) is 5.95. The van der Waals surface area contributed by atoms with Crippen LogP contribution in [0.2, 0.25) is 0 Å². The molecule has 0 aliphatic heterocycles. The first-order valence-corrected chi connectivity index (χ1v) is 7.07. The summed E-state index contributed by atoms with van der Waals surface area (Å²) in [6.07, 6.45) is 1.41. The van der Waals surface area contributed by atoms with Gasteiger partial charge in [0, 0.05) is 18.1 Å². The van der Waals surface area contributed by atoms with E-state index in [1.54, 1.807) is 35.4 Å². The van der Waals surface area contributed by atoms with Crippen molar-refractivity contribution in [2.24, 2.45) is 0 Å². The Kier molecular flexibility index (Phi) is 4.30. The predicted octanol–water partition coefficient (Wildman–Crippen LogP) is 3.05. The summed E-state index contributed by atoms with van der Waals surface area (Å²) in [5.74, 6) is -0.158. The Hall–Kier alpha value is -1.71. The van der Waals surface area contributed by atoms with Crippen LogP contribution in [0.4, 0.5) is 0 Å². The maximum absolute atomic E-state index is 12.1. The zero-order valence-electron chi connectivity index (χ0n) is 10.1. The number of hydrogen-bond acceptors (Lipinski definition) is 4. The van der Waals surface area contributed by atoms with Crippen molar-refractivity contribution in [2.45, 2.75) is 6.54 Å². The van der Waals surface area contributed by atoms with Crippen LogP contribution >= 0.6 is 27.3 Å². The molecule has 0 N–H and O–H groups in total. The molecule has 2 heterocycles. The van der Waals surface area contributed by atoms with Crippen molar-refractivity contribution < 1.29 is 4.79 Å². The number of pyridine rings is 1. The first kappa shape index (κ1) is 13.7. The molecule has 2 rings (SSSR count). The molecule has 2 aromatic heterocycles. The number of carbonyl (C=O) groups excluding carboxylic acids is 1. The molecule has 0 aromatic carbocycles. The minimum Gasteiger partial charge on any atom is -0.335 e. The molecule has 0 fully saturated rings. The Balaban J connectivity index is 2.08.